The third-order valence-corrected chi connectivity index (χ3v) is 4.21. The van der Waals surface area contributed by atoms with E-state index >= 15 is 0 Å². The van der Waals surface area contributed by atoms with Gasteiger partial charge in [0.15, 0.2) is 10.9 Å². The molecule has 0 aliphatic carbocycles. The Labute approximate surface area is 122 Å². The van der Waals surface area contributed by atoms with Crippen molar-refractivity contribution in [2.45, 2.75) is 24.3 Å². The molecule has 0 N–H and O–H groups in total. The first-order valence-electron chi connectivity index (χ1n) is 6.24. The molecule has 0 fully saturated rings. The molecule has 1 aromatic heterocycles. The minimum absolute atomic E-state index is 0.0679. The van der Waals surface area contributed by atoms with Gasteiger partial charge in [-0.2, -0.15) is 0 Å². The Balaban J connectivity index is 2.09. The molecular formula is C14H17N3O2S. The van der Waals surface area contributed by atoms with Gasteiger partial charge in [-0.25, -0.2) is 0 Å². The van der Waals surface area contributed by atoms with Crippen molar-refractivity contribution < 1.29 is 9.53 Å². The van der Waals surface area contributed by atoms with E-state index in [1.54, 1.807) is 31.4 Å². The van der Waals surface area contributed by atoms with Gasteiger partial charge < -0.3 is 9.30 Å². The van der Waals surface area contributed by atoms with Crippen LogP contribution < -0.4 is 4.74 Å². The van der Waals surface area contributed by atoms with Gasteiger partial charge >= 0.3 is 0 Å². The second kappa shape index (κ2) is 6.09. The van der Waals surface area contributed by atoms with E-state index in [-0.39, 0.29) is 11.0 Å². The lowest BCUT2D eigenvalue weighted by atomic mass is 10.1. The highest BCUT2D eigenvalue weighted by Gasteiger charge is 2.19. The van der Waals surface area contributed by atoms with Gasteiger partial charge in [-0.05, 0) is 38.1 Å². The van der Waals surface area contributed by atoms with E-state index in [2.05, 4.69) is 10.2 Å². The van der Waals surface area contributed by atoms with Gasteiger partial charge in [0.05, 0.1) is 12.4 Å². The van der Waals surface area contributed by atoms with Crippen LogP contribution in [-0.2, 0) is 7.05 Å². The van der Waals surface area contributed by atoms with Gasteiger partial charge in [0, 0.05) is 12.6 Å². The highest BCUT2D eigenvalue weighted by Crippen LogP contribution is 2.24. The van der Waals surface area contributed by atoms with E-state index in [0.29, 0.717) is 5.56 Å². The molecule has 0 bridgehead atoms. The van der Waals surface area contributed by atoms with Gasteiger partial charge in [0.2, 0.25) is 0 Å². The molecule has 2 rings (SSSR count). The van der Waals surface area contributed by atoms with E-state index in [1.165, 1.54) is 11.8 Å². The fourth-order valence-corrected chi connectivity index (χ4v) is 2.63. The predicted octanol–water partition coefficient (Wildman–Crippen LogP) is 2.50. The number of Topliss-reactive ketones (excluding diaryl/α,β-unsaturated/α-hetero) is 1. The van der Waals surface area contributed by atoms with Crippen molar-refractivity contribution in [3.63, 3.8) is 0 Å². The minimum atomic E-state index is -0.217. The summed E-state index contributed by atoms with van der Waals surface area (Å²) < 4.78 is 6.96. The number of rotatable bonds is 5. The second-order valence-electron chi connectivity index (χ2n) is 4.44. The summed E-state index contributed by atoms with van der Waals surface area (Å²) >= 11 is 1.41. The average molecular weight is 291 g/mol. The molecule has 1 heterocycles. The molecule has 0 amide bonds. The molecule has 5 nitrogen and oxygen atoms in total. The smallest absolute Gasteiger partial charge is 0.191 e. The van der Waals surface area contributed by atoms with Crippen LogP contribution in [0.4, 0.5) is 0 Å². The first kappa shape index (κ1) is 14.6. The third-order valence-electron chi connectivity index (χ3n) is 3.08. The summed E-state index contributed by atoms with van der Waals surface area (Å²) in [6.07, 6.45) is 0. The number of thioether (sulfide) groups is 1. The van der Waals surface area contributed by atoms with Gasteiger partial charge in [0.25, 0.3) is 0 Å². The standard InChI is InChI=1S/C14H17N3O2S/c1-9(20-14-16-15-10(2)17(14)3)13(18)11-5-7-12(19-4)8-6-11/h5-9H,1-4H3/t9-/m0/s1. The Morgan fingerprint density at radius 1 is 1.30 bits per heavy atom. The summed E-state index contributed by atoms with van der Waals surface area (Å²) in [6.45, 7) is 3.76. The topological polar surface area (TPSA) is 57.0 Å². The molecule has 0 saturated carbocycles. The van der Waals surface area contributed by atoms with Crippen LogP contribution in [0.15, 0.2) is 29.4 Å². The van der Waals surface area contributed by atoms with Crippen LogP contribution in [-0.4, -0.2) is 32.9 Å². The fourth-order valence-electron chi connectivity index (χ4n) is 1.69. The number of benzene rings is 1. The van der Waals surface area contributed by atoms with Crippen molar-refractivity contribution in [1.29, 1.82) is 0 Å². The van der Waals surface area contributed by atoms with Crippen molar-refractivity contribution in [2.24, 2.45) is 7.05 Å². The Kier molecular flexibility index (Phi) is 4.44. The zero-order chi connectivity index (χ0) is 14.7. The van der Waals surface area contributed by atoms with Crippen LogP contribution in [0.25, 0.3) is 0 Å². The van der Waals surface area contributed by atoms with E-state index in [1.807, 2.05) is 25.5 Å². The summed E-state index contributed by atoms with van der Waals surface area (Å²) in [6, 6.07) is 7.13. The first-order chi connectivity index (χ1) is 9.52. The van der Waals surface area contributed by atoms with Crippen LogP contribution >= 0.6 is 11.8 Å². The van der Waals surface area contributed by atoms with Crippen molar-refractivity contribution in [3.8, 4) is 5.75 Å². The van der Waals surface area contributed by atoms with Gasteiger partial charge in [-0.3, -0.25) is 4.79 Å². The van der Waals surface area contributed by atoms with Crippen molar-refractivity contribution in [1.82, 2.24) is 14.8 Å². The van der Waals surface area contributed by atoms with Gasteiger partial charge in [0.1, 0.15) is 11.6 Å². The van der Waals surface area contributed by atoms with Crippen LogP contribution in [0.2, 0.25) is 0 Å². The van der Waals surface area contributed by atoms with Crippen LogP contribution in [0.5, 0.6) is 5.75 Å². The van der Waals surface area contributed by atoms with Crippen LogP contribution in [0, 0.1) is 6.92 Å². The maximum Gasteiger partial charge on any atom is 0.191 e. The molecule has 20 heavy (non-hydrogen) atoms. The normalized spacial score (nSPS) is 12.2. The molecule has 2 aromatic rings. The molecule has 0 aliphatic heterocycles. The molecule has 1 aromatic carbocycles. The number of hydrogen-bond acceptors (Lipinski definition) is 5. The molecule has 0 unspecified atom stereocenters. The van der Waals surface area contributed by atoms with E-state index in [9.17, 15) is 4.79 Å². The Morgan fingerprint density at radius 3 is 2.45 bits per heavy atom. The number of carbonyl (C=O) groups excluding carboxylic acids is 1. The summed E-state index contributed by atoms with van der Waals surface area (Å²) in [5, 5.41) is 8.58. The number of methoxy groups -OCH3 is 1. The molecule has 0 saturated heterocycles. The quantitative estimate of drug-likeness (QED) is 0.626. The summed E-state index contributed by atoms with van der Waals surface area (Å²) in [5.74, 6) is 1.64. The molecule has 0 spiro atoms. The Morgan fingerprint density at radius 2 is 1.95 bits per heavy atom. The number of ketones is 1. The summed E-state index contributed by atoms with van der Waals surface area (Å²) in [7, 11) is 3.49. The predicted molar refractivity (Wildman–Crippen MR) is 78.4 cm³/mol. The lowest BCUT2D eigenvalue weighted by Crippen LogP contribution is -2.14. The minimum Gasteiger partial charge on any atom is -0.497 e. The maximum atomic E-state index is 12.3. The van der Waals surface area contributed by atoms with E-state index < -0.39 is 0 Å². The maximum absolute atomic E-state index is 12.3. The van der Waals surface area contributed by atoms with E-state index in [4.69, 9.17) is 4.74 Å². The molecule has 6 heteroatoms. The SMILES string of the molecule is COc1ccc(C(=O)[C@H](C)Sc2nnc(C)n2C)cc1. The molecular weight excluding hydrogens is 274 g/mol. The fraction of sp³-hybridized carbons (Fsp3) is 0.357. The summed E-state index contributed by atoms with van der Waals surface area (Å²) in [4.78, 5) is 12.3. The Bertz CT molecular complexity index is 607. The van der Waals surface area contributed by atoms with Gasteiger partial charge in [-0.15, -0.1) is 10.2 Å². The average Bonchev–Trinajstić information content (AvgIpc) is 2.78. The third kappa shape index (κ3) is 3.01. The van der Waals surface area contributed by atoms with Crippen molar-refractivity contribution in [3.05, 3.63) is 35.7 Å². The van der Waals surface area contributed by atoms with Gasteiger partial charge in [-0.1, -0.05) is 11.8 Å². The zero-order valence-electron chi connectivity index (χ0n) is 12.0. The molecule has 0 aliphatic rings. The highest BCUT2D eigenvalue weighted by molar-refractivity contribution is 8.00. The number of hydrogen-bond donors (Lipinski definition) is 0. The van der Waals surface area contributed by atoms with Crippen LogP contribution in [0.1, 0.15) is 23.1 Å². The zero-order valence-corrected chi connectivity index (χ0v) is 12.8. The second-order valence-corrected chi connectivity index (χ2v) is 5.75. The number of aryl methyl sites for hydroxylation is 1. The first-order valence-corrected chi connectivity index (χ1v) is 7.12. The monoisotopic (exact) mass is 291 g/mol. The number of nitrogens with zero attached hydrogens (tertiary/aromatic N) is 3. The van der Waals surface area contributed by atoms with Crippen LogP contribution in [0.3, 0.4) is 0 Å². The molecule has 0 radical (unpaired) electrons. The highest BCUT2D eigenvalue weighted by atomic mass is 32.2. The van der Waals surface area contributed by atoms with Crippen molar-refractivity contribution in [2.75, 3.05) is 7.11 Å². The molecule has 106 valence electrons. The number of ether oxygens (including phenoxy) is 1. The molecule has 1 atom stereocenters. The number of aromatic nitrogens is 3. The summed E-state index contributed by atoms with van der Waals surface area (Å²) in [5.41, 5.74) is 0.671. The largest absolute Gasteiger partial charge is 0.497 e. The lowest BCUT2D eigenvalue weighted by molar-refractivity contribution is 0.0994. The number of carbonyl (C=O) groups is 1. The van der Waals surface area contributed by atoms with Crippen molar-refractivity contribution >= 4 is 17.5 Å². The Hall–Kier alpha value is -1.82. The lowest BCUT2D eigenvalue weighted by Gasteiger charge is -2.10. The van der Waals surface area contributed by atoms with E-state index in [0.717, 1.165) is 16.7 Å².